The van der Waals surface area contributed by atoms with E-state index in [4.69, 9.17) is 9.47 Å². The molecule has 0 saturated carbocycles. The summed E-state index contributed by atoms with van der Waals surface area (Å²) in [7, 11) is 3.15. The van der Waals surface area contributed by atoms with Crippen molar-refractivity contribution in [2.75, 3.05) is 14.2 Å². The number of aliphatic hydroxyl groups is 1. The molecular formula is C13H15NO3S. The average Bonchev–Trinajstić information content (AvgIpc) is 2.83. The fraction of sp³-hybridized carbons (Fsp3) is 0.308. The van der Waals surface area contributed by atoms with Gasteiger partial charge in [0.25, 0.3) is 0 Å². The second-order valence-corrected chi connectivity index (χ2v) is 4.73. The maximum absolute atomic E-state index is 10.2. The maximum atomic E-state index is 10.2. The van der Waals surface area contributed by atoms with Crippen molar-refractivity contribution in [2.24, 2.45) is 0 Å². The lowest BCUT2D eigenvalue weighted by Gasteiger charge is -2.12. The fourth-order valence-corrected chi connectivity index (χ4v) is 2.47. The van der Waals surface area contributed by atoms with Crippen LogP contribution in [0.2, 0.25) is 0 Å². The predicted octanol–water partition coefficient (Wildman–Crippen LogP) is 2.55. The van der Waals surface area contributed by atoms with Crippen LogP contribution in [0.15, 0.2) is 23.6 Å². The first-order valence-corrected chi connectivity index (χ1v) is 6.35. The van der Waals surface area contributed by atoms with Crippen LogP contribution in [0.5, 0.6) is 11.5 Å². The minimum absolute atomic E-state index is 0.599. The first kappa shape index (κ1) is 12.9. The standard InChI is InChI=1S/C13H15NO3S/c1-8-7-18-13(14-8)12(15)9-4-5-10(16-2)11(6-9)17-3/h4-7,12,15H,1-3H3. The van der Waals surface area contributed by atoms with E-state index in [1.54, 1.807) is 26.4 Å². The van der Waals surface area contributed by atoms with Gasteiger partial charge >= 0.3 is 0 Å². The summed E-state index contributed by atoms with van der Waals surface area (Å²) in [6, 6.07) is 5.35. The third kappa shape index (κ3) is 2.47. The third-order valence-electron chi connectivity index (χ3n) is 2.59. The number of rotatable bonds is 4. The lowest BCUT2D eigenvalue weighted by molar-refractivity contribution is 0.219. The van der Waals surface area contributed by atoms with Gasteiger partial charge < -0.3 is 14.6 Å². The van der Waals surface area contributed by atoms with E-state index in [-0.39, 0.29) is 0 Å². The van der Waals surface area contributed by atoms with E-state index in [1.807, 2.05) is 18.4 Å². The van der Waals surface area contributed by atoms with E-state index in [1.165, 1.54) is 11.3 Å². The Hall–Kier alpha value is -1.59. The number of aliphatic hydroxyl groups excluding tert-OH is 1. The SMILES string of the molecule is COc1ccc(C(O)c2nc(C)cs2)cc1OC. The lowest BCUT2D eigenvalue weighted by atomic mass is 10.1. The summed E-state index contributed by atoms with van der Waals surface area (Å²) >= 11 is 1.44. The summed E-state index contributed by atoms with van der Waals surface area (Å²) in [5.41, 5.74) is 1.65. The minimum atomic E-state index is -0.733. The summed E-state index contributed by atoms with van der Waals surface area (Å²) in [5.74, 6) is 1.24. The average molecular weight is 265 g/mol. The monoisotopic (exact) mass is 265 g/mol. The predicted molar refractivity (Wildman–Crippen MR) is 70.5 cm³/mol. The van der Waals surface area contributed by atoms with Gasteiger partial charge in [0.15, 0.2) is 11.5 Å². The largest absolute Gasteiger partial charge is 0.493 e. The molecule has 0 amide bonds. The smallest absolute Gasteiger partial charge is 0.161 e. The molecule has 2 aromatic rings. The lowest BCUT2D eigenvalue weighted by Crippen LogP contribution is -2.00. The van der Waals surface area contributed by atoms with Crippen LogP contribution in [0.25, 0.3) is 0 Å². The topological polar surface area (TPSA) is 51.6 Å². The van der Waals surface area contributed by atoms with Gasteiger partial charge in [0.2, 0.25) is 0 Å². The second-order valence-electron chi connectivity index (χ2n) is 3.84. The molecule has 0 saturated heterocycles. The summed E-state index contributed by atoms with van der Waals surface area (Å²) in [6.45, 7) is 1.90. The van der Waals surface area contributed by atoms with E-state index < -0.39 is 6.10 Å². The van der Waals surface area contributed by atoms with Crippen molar-refractivity contribution < 1.29 is 14.6 Å². The van der Waals surface area contributed by atoms with E-state index in [2.05, 4.69) is 4.98 Å². The number of nitrogens with zero attached hydrogens (tertiary/aromatic N) is 1. The van der Waals surface area contributed by atoms with Gasteiger partial charge in [0.1, 0.15) is 11.1 Å². The number of ether oxygens (including phenoxy) is 2. The van der Waals surface area contributed by atoms with Gasteiger partial charge in [-0.05, 0) is 24.6 Å². The number of aryl methyl sites for hydroxylation is 1. The van der Waals surface area contributed by atoms with Gasteiger partial charge in [0.05, 0.1) is 14.2 Å². The quantitative estimate of drug-likeness (QED) is 0.923. The van der Waals surface area contributed by atoms with Gasteiger partial charge in [0, 0.05) is 11.1 Å². The van der Waals surface area contributed by atoms with Crippen LogP contribution in [0.1, 0.15) is 22.4 Å². The Balaban J connectivity index is 2.33. The van der Waals surface area contributed by atoms with E-state index in [0.717, 1.165) is 11.3 Å². The normalized spacial score (nSPS) is 12.2. The molecule has 2 rings (SSSR count). The molecule has 0 aliphatic heterocycles. The molecule has 4 nitrogen and oxygen atoms in total. The highest BCUT2D eigenvalue weighted by Crippen LogP contribution is 2.32. The zero-order valence-electron chi connectivity index (χ0n) is 10.5. The molecule has 1 atom stereocenters. The van der Waals surface area contributed by atoms with E-state index >= 15 is 0 Å². The highest BCUT2D eigenvalue weighted by Gasteiger charge is 2.16. The molecule has 1 heterocycles. The number of hydrogen-bond acceptors (Lipinski definition) is 5. The van der Waals surface area contributed by atoms with Gasteiger partial charge in [-0.25, -0.2) is 4.98 Å². The Kier molecular flexibility index (Phi) is 3.84. The van der Waals surface area contributed by atoms with Crippen molar-refractivity contribution in [1.29, 1.82) is 0 Å². The molecule has 0 bridgehead atoms. The molecule has 1 unspecified atom stereocenters. The summed E-state index contributed by atoms with van der Waals surface area (Å²) in [4.78, 5) is 4.28. The molecule has 0 fully saturated rings. The van der Waals surface area contributed by atoms with Crippen LogP contribution in [-0.2, 0) is 0 Å². The second kappa shape index (κ2) is 5.37. The van der Waals surface area contributed by atoms with Crippen LogP contribution in [0.3, 0.4) is 0 Å². The van der Waals surface area contributed by atoms with Crippen molar-refractivity contribution in [3.63, 3.8) is 0 Å². The van der Waals surface area contributed by atoms with E-state index in [0.29, 0.717) is 16.5 Å². The molecule has 1 N–H and O–H groups in total. The number of methoxy groups -OCH3 is 2. The summed E-state index contributed by atoms with van der Waals surface area (Å²) < 4.78 is 10.4. The molecule has 1 aromatic heterocycles. The van der Waals surface area contributed by atoms with Crippen LogP contribution in [0.4, 0.5) is 0 Å². The third-order valence-corrected chi connectivity index (χ3v) is 3.61. The number of hydrogen-bond donors (Lipinski definition) is 1. The molecule has 0 aliphatic carbocycles. The zero-order chi connectivity index (χ0) is 13.1. The van der Waals surface area contributed by atoms with Gasteiger partial charge in [-0.2, -0.15) is 0 Å². The Morgan fingerprint density at radius 2 is 1.94 bits per heavy atom. The Morgan fingerprint density at radius 1 is 1.22 bits per heavy atom. The summed E-state index contributed by atoms with van der Waals surface area (Å²) in [5, 5.41) is 12.8. The Labute approximate surface area is 110 Å². The highest BCUT2D eigenvalue weighted by atomic mass is 32.1. The van der Waals surface area contributed by atoms with Crippen LogP contribution in [-0.4, -0.2) is 24.3 Å². The van der Waals surface area contributed by atoms with Crippen LogP contribution >= 0.6 is 11.3 Å². The Morgan fingerprint density at radius 3 is 2.50 bits per heavy atom. The maximum Gasteiger partial charge on any atom is 0.161 e. The first-order valence-electron chi connectivity index (χ1n) is 5.47. The van der Waals surface area contributed by atoms with Crippen molar-refractivity contribution in [1.82, 2.24) is 4.98 Å². The zero-order valence-corrected chi connectivity index (χ0v) is 11.3. The molecule has 18 heavy (non-hydrogen) atoms. The van der Waals surface area contributed by atoms with Crippen molar-refractivity contribution >= 4 is 11.3 Å². The summed E-state index contributed by atoms with van der Waals surface area (Å²) in [6.07, 6.45) is -0.733. The molecule has 0 aliphatic rings. The molecular weight excluding hydrogens is 250 g/mol. The van der Waals surface area contributed by atoms with Crippen molar-refractivity contribution in [3.8, 4) is 11.5 Å². The first-order chi connectivity index (χ1) is 8.65. The van der Waals surface area contributed by atoms with Crippen molar-refractivity contribution in [2.45, 2.75) is 13.0 Å². The van der Waals surface area contributed by atoms with Crippen LogP contribution < -0.4 is 9.47 Å². The molecule has 0 radical (unpaired) electrons. The van der Waals surface area contributed by atoms with E-state index in [9.17, 15) is 5.11 Å². The molecule has 0 spiro atoms. The molecule has 1 aromatic carbocycles. The fourth-order valence-electron chi connectivity index (χ4n) is 1.66. The van der Waals surface area contributed by atoms with Gasteiger partial charge in [-0.1, -0.05) is 6.07 Å². The minimum Gasteiger partial charge on any atom is -0.493 e. The van der Waals surface area contributed by atoms with Gasteiger partial charge in [-0.15, -0.1) is 11.3 Å². The number of aromatic nitrogens is 1. The van der Waals surface area contributed by atoms with Crippen molar-refractivity contribution in [3.05, 3.63) is 39.8 Å². The number of thiazole rings is 1. The molecule has 5 heteroatoms. The number of benzene rings is 1. The van der Waals surface area contributed by atoms with Crippen LogP contribution in [0, 0.1) is 6.92 Å². The molecule has 96 valence electrons. The van der Waals surface area contributed by atoms with Gasteiger partial charge in [-0.3, -0.25) is 0 Å². The Bertz CT molecular complexity index is 539. The highest BCUT2D eigenvalue weighted by molar-refractivity contribution is 7.09.